The van der Waals surface area contributed by atoms with E-state index < -0.39 is 5.97 Å². The number of anilines is 1. The number of nitrogens with zero attached hydrogens (tertiary/aromatic N) is 1. The minimum Gasteiger partial charge on any atom is -0.477 e. The summed E-state index contributed by atoms with van der Waals surface area (Å²) in [6.07, 6.45) is 1.42. The van der Waals surface area contributed by atoms with Crippen LogP contribution in [0.2, 0.25) is 10.0 Å². The number of carboxylic acids is 1. The second-order valence-electron chi connectivity index (χ2n) is 4.21. The van der Waals surface area contributed by atoms with E-state index in [9.17, 15) is 9.59 Å². The van der Waals surface area contributed by atoms with Crippen molar-refractivity contribution >= 4 is 40.8 Å². The molecule has 2 N–H and O–H groups in total. The molecular formula is C14H10Cl2N2O3. The van der Waals surface area contributed by atoms with Gasteiger partial charge in [-0.2, -0.15) is 0 Å². The van der Waals surface area contributed by atoms with E-state index >= 15 is 0 Å². The van der Waals surface area contributed by atoms with Crippen LogP contribution in [-0.2, 0) is 11.2 Å². The molecule has 0 radical (unpaired) electrons. The lowest BCUT2D eigenvalue weighted by molar-refractivity contribution is -0.115. The largest absolute Gasteiger partial charge is 0.477 e. The minimum absolute atomic E-state index is 0.0988. The molecule has 0 aliphatic rings. The molecule has 0 saturated carbocycles. The van der Waals surface area contributed by atoms with Gasteiger partial charge in [0.1, 0.15) is 5.69 Å². The van der Waals surface area contributed by atoms with Crippen LogP contribution in [0.25, 0.3) is 0 Å². The smallest absolute Gasteiger partial charge is 0.354 e. The van der Waals surface area contributed by atoms with Crippen LogP contribution in [0.1, 0.15) is 16.1 Å². The summed E-state index contributed by atoms with van der Waals surface area (Å²) in [5.74, 6) is -1.45. The Kier molecular flexibility index (Phi) is 4.77. The molecule has 0 bridgehead atoms. The first-order valence-corrected chi connectivity index (χ1v) is 6.64. The molecule has 2 rings (SSSR count). The van der Waals surface area contributed by atoms with Gasteiger partial charge in [0.15, 0.2) is 0 Å². The van der Waals surface area contributed by atoms with E-state index in [4.69, 9.17) is 28.3 Å². The number of hydrogen-bond donors (Lipinski definition) is 2. The standard InChI is InChI=1S/C14H10Cl2N2O3/c15-10-2-1-8(5-11(10)16)6-13(19)18-9-3-4-17-12(7-9)14(20)21/h1-5,7H,6H2,(H,20,21)(H,17,18,19). The van der Waals surface area contributed by atoms with E-state index in [1.165, 1.54) is 18.3 Å². The Bertz CT molecular complexity index is 704. The molecule has 108 valence electrons. The number of aromatic carboxylic acids is 1. The Morgan fingerprint density at radius 1 is 1.14 bits per heavy atom. The summed E-state index contributed by atoms with van der Waals surface area (Å²) in [6, 6.07) is 7.72. The van der Waals surface area contributed by atoms with Gasteiger partial charge in [0.25, 0.3) is 0 Å². The molecular weight excluding hydrogens is 315 g/mol. The molecule has 1 heterocycles. The van der Waals surface area contributed by atoms with E-state index in [0.29, 0.717) is 21.3 Å². The van der Waals surface area contributed by atoms with E-state index in [-0.39, 0.29) is 18.0 Å². The van der Waals surface area contributed by atoms with Gasteiger partial charge in [-0.1, -0.05) is 29.3 Å². The van der Waals surface area contributed by atoms with Crippen molar-refractivity contribution in [2.45, 2.75) is 6.42 Å². The normalized spacial score (nSPS) is 10.2. The summed E-state index contributed by atoms with van der Waals surface area (Å²) in [5.41, 5.74) is 0.934. The molecule has 0 unspecified atom stereocenters. The molecule has 0 atom stereocenters. The summed E-state index contributed by atoms with van der Waals surface area (Å²) in [4.78, 5) is 26.4. The van der Waals surface area contributed by atoms with Crippen molar-refractivity contribution in [2.24, 2.45) is 0 Å². The fourth-order valence-corrected chi connectivity index (χ4v) is 1.99. The molecule has 0 fully saturated rings. The molecule has 1 aromatic heterocycles. The summed E-state index contributed by atoms with van der Waals surface area (Å²) in [5, 5.41) is 12.2. The van der Waals surface area contributed by atoms with Crippen LogP contribution in [0.4, 0.5) is 5.69 Å². The maximum Gasteiger partial charge on any atom is 0.354 e. The molecule has 1 amide bonds. The maximum atomic E-state index is 11.9. The topological polar surface area (TPSA) is 79.3 Å². The fourth-order valence-electron chi connectivity index (χ4n) is 1.67. The van der Waals surface area contributed by atoms with Gasteiger partial charge in [-0.15, -0.1) is 0 Å². The predicted molar refractivity (Wildman–Crippen MR) is 80.0 cm³/mol. The maximum absolute atomic E-state index is 11.9. The van der Waals surface area contributed by atoms with Crippen molar-refractivity contribution in [3.8, 4) is 0 Å². The number of halogens is 2. The summed E-state index contributed by atoms with van der Waals surface area (Å²) < 4.78 is 0. The third-order valence-corrected chi connectivity index (χ3v) is 3.35. The van der Waals surface area contributed by atoms with E-state index in [1.54, 1.807) is 18.2 Å². The van der Waals surface area contributed by atoms with Gasteiger partial charge in [0, 0.05) is 11.9 Å². The second kappa shape index (κ2) is 6.56. The number of pyridine rings is 1. The fraction of sp³-hybridized carbons (Fsp3) is 0.0714. The second-order valence-corrected chi connectivity index (χ2v) is 5.02. The van der Waals surface area contributed by atoms with Crippen molar-refractivity contribution < 1.29 is 14.7 Å². The van der Waals surface area contributed by atoms with Gasteiger partial charge in [0.05, 0.1) is 16.5 Å². The van der Waals surface area contributed by atoms with E-state index in [2.05, 4.69) is 10.3 Å². The van der Waals surface area contributed by atoms with Crippen LogP contribution < -0.4 is 5.32 Å². The van der Waals surface area contributed by atoms with Crippen LogP contribution in [0.3, 0.4) is 0 Å². The molecule has 2 aromatic rings. The van der Waals surface area contributed by atoms with Crippen LogP contribution in [0, 0.1) is 0 Å². The van der Waals surface area contributed by atoms with Crippen molar-refractivity contribution in [1.82, 2.24) is 4.98 Å². The molecule has 1 aromatic carbocycles. The van der Waals surface area contributed by atoms with Crippen LogP contribution in [0.5, 0.6) is 0 Å². The first-order chi connectivity index (χ1) is 9.95. The van der Waals surface area contributed by atoms with E-state index in [0.717, 1.165) is 0 Å². The molecule has 0 aliphatic heterocycles. The van der Waals surface area contributed by atoms with Crippen molar-refractivity contribution in [3.05, 3.63) is 57.8 Å². The molecule has 5 nitrogen and oxygen atoms in total. The van der Waals surface area contributed by atoms with Crippen molar-refractivity contribution in [2.75, 3.05) is 5.32 Å². The molecule has 21 heavy (non-hydrogen) atoms. The van der Waals surface area contributed by atoms with Gasteiger partial charge < -0.3 is 10.4 Å². The number of carbonyl (C=O) groups excluding carboxylic acids is 1. The third kappa shape index (κ3) is 4.18. The highest BCUT2D eigenvalue weighted by Gasteiger charge is 2.09. The lowest BCUT2D eigenvalue weighted by Crippen LogP contribution is -2.15. The average molecular weight is 325 g/mol. The molecule has 0 spiro atoms. The number of rotatable bonds is 4. The average Bonchev–Trinajstić information content (AvgIpc) is 2.43. The van der Waals surface area contributed by atoms with Crippen LogP contribution in [0.15, 0.2) is 36.5 Å². The number of carbonyl (C=O) groups is 2. The zero-order chi connectivity index (χ0) is 15.4. The van der Waals surface area contributed by atoms with Crippen LogP contribution >= 0.6 is 23.2 Å². The Labute approximate surface area is 130 Å². The highest BCUT2D eigenvalue weighted by Crippen LogP contribution is 2.23. The number of carboxylic acid groups (broad SMARTS) is 1. The Morgan fingerprint density at radius 3 is 2.57 bits per heavy atom. The number of nitrogens with one attached hydrogen (secondary N) is 1. The van der Waals surface area contributed by atoms with Crippen LogP contribution in [-0.4, -0.2) is 22.0 Å². The highest BCUT2D eigenvalue weighted by atomic mass is 35.5. The predicted octanol–water partition coefficient (Wildman–Crippen LogP) is 3.27. The molecule has 0 saturated heterocycles. The lowest BCUT2D eigenvalue weighted by Gasteiger charge is -2.06. The Morgan fingerprint density at radius 2 is 1.90 bits per heavy atom. The minimum atomic E-state index is -1.16. The summed E-state index contributed by atoms with van der Waals surface area (Å²) >= 11 is 11.7. The number of aromatic nitrogens is 1. The first-order valence-electron chi connectivity index (χ1n) is 5.89. The van der Waals surface area contributed by atoms with Gasteiger partial charge in [-0.3, -0.25) is 4.79 Å². The monoisotopic (exact) mass is 324 g/mol. The van der Waals surface area contributed by atoms with Gasteiger partial charge in [0.2, 0.25) is 5.91 Å². The summed E-state index contributed by atoms with van der Waals surface area (Å²) in [6.45, 7) is 0. The third-order valence-electron chi connectivity index (χ3n) is 2.61. The van der Waals surface area contributed by atoms with Gasteiger partial charge in [-0.25, -0.2) is 9.78 Å². The zero-order valence-electron chi connectivity index (χ0n) is 10.6. The van der Waals surface area contributed by atoms with Gasteiger partial charge >= 0.3 is 5.97 Å². The molecule has 7 heteroatoms. The summed E-state index contributed by atoms with van der Waals surface area (Å²) in [7, 11) is 0. The van der Waals surface area contributed by atoms with E-state index in [1.807, 2.05) is 0 Å². The van der Waals surface area contributed by atoms with Gasteiger partial charge in [-0.05, 0) is 29.8 Å². The van der Waals surface area contributed by atoms with Crippen molar-refractivity contribution in [3.63, 3.8) is 0 Å². The van der Waals surface area contributed by atoms with Crippen molar-refractivity contribution in [1.29, 1.82) is 0 Å². The SMILES string of the molecule is O=C(Cc1ccc(Cl)c(Cl)c1)Nc1ccnc(C(=O)O)c1. The Hall–Kier alpha value is -2.11. The quantitative estimate of drug-likeness (QED) is 0.904. The first kappa shape index (κ1) is 15.3. The number of hydrogen-bond acceptors (Lipinski definition) is 3. The molecule has 0 aliphatic carbocycles. The number of benzene rings is 1. The number of amides is 1. The Balaban J connectivity index is 2.06. The lowest BCUT2D eigenvalue weighted by atomic mass is 10.1. The zero-order valence-corrected chi connectivity index (χ0v) is 12.1. The highest BCUT2D eigenvalue weighted by molar-refractivity contribution is 6.42.